The number of nitrogens with zero attached hydrogens (tertiary/aromatic N) is 4. The van der Waals surface area contributed by atoms with Gasteiger partial charge in [0.05, 0.1) is 11.4 Å². The smallest absolute Gasteiger partial charge is 0.509 e. The van der Waals surface area contributed by atoms with Gasteiger partial charge in [-0.1, -0.05) is 111 Å². The van der Waals surface area contributed by atoms with Crippen molar-refractivity contribution in [2.75, 3.05) is 16.8 Å². The van der Waals surface area contributed by atoms with Crippen LogP contribution < -0.4 is 19.1 Å². The maximum atomic E-state index is 6.71. The summed E-state index contributed by atoms with van der Waals surface area (Å²) < 4.78 is 11.0. The van der Waals surface area contributed by atoms with Gasteiger partial charge in [0.1, 0.15) is 11.3 Å². The Hall–Kier alpha value is -5.25. The summed E-state index contributed by atoms with van der Waals surface area (Å²) in [6, 6.07) is 43.5. The fourth-order valence-corrected chi connectivity index (χ4v) is 7.30. The number of hydrogen-bond acceptors (Lipinski definition) is 3. The first-order valence-corrected chi connectivity index (χ1v) is 16.2. The summed E-state index contributed by atoms with van der Waals surface area (Å²) in [5.74, 6) is 3.09. The summed E-state index contributed by atoms with van der Waals surface area (Å²) in [7, 11) is 6.47. The van der Waals surface area contributed by atoms with Crippen molar-refractivity contribution in [3.8, 4) is 39.6 Å². The number of rotatable bonds is 3. The average Bonchev–Trinajstić information content (AvgIpc) is 3.49. The molecule has 9 rings (SSSR count). The Bertz CT molecular complexity index is 2490. The first-order chi connectivity index (χ1) is 23.2. The molecule has 0 N–H and O–H groups in total. The molecule has 7 aromatic rings. The van der Waals surface area contributed by atoms with Gasteiger partial charge in [0.25, 0.3) is 0 Å². The van der Waals surface area contributed by atoms with E-state index in [4.69, 9.17) is 4.74 Å². The third-order valence-electron chi connectivity index (χ3n) is 9.72. The summed E-state index contributed by atoms with van der Waals surface area (Å²) in [5.41, 5.74) is 10.8. The van der Waals surface area contributed by atoms with E-state index in [0.29, 0.717) is 11.5 Å². The first kappa shape index (κ1) is 31.0. The van der Waals surface area contributed by atoms with Gasteiger partial charge in [-0.25, -0.2) is 0 Å². The fraction of sp³-hybridized carbons (Fsp3) is 0.116. The fourth-order valence-electron chi connectivity index (χ4n) is 7.30. The van der Waals surface area contributed by atoms with Crippen LogP contribution in [0, 0.1) is 19.2 Å². The quantitative estimate of drug-likeness (QED) is 0.131. The average molecular weight is 818 g/mol. The monoisotopic (exact) mass is 817 g/mol. The van der Waals surface area contributed by atoms with E-state index in [1.54, 1.807) is 0 Å². The van der Waals surface area contributed by atoms with Crippen LogP contribution in [0.5, 0.6) is 11.5 Å². The molecule has 242 valence electrons. The maximum Gasteiger partial charge on any atom is 2.00 e. The molecule has 0 saturated heterocycles. The SMILES string of the molecule is C=C1N(C)c2ccccc2N1c1[c-]c(Oc2[c-]c3c(cc2)c2cccc4c2n3-c2c(ccc[n+]2[CH2-])-c2ccccc2-4)cc(C(C)(C)C)c1.[Pt+2]. The molecule has 5 aromatic carbocycles. The van der Waals surface area contributed by atoms with Crippen molar-refractivity contribution < 1.29 is 30.4 Å². The van der Waals surface area contributed by atoms with Gasteiger partial charge in [-0.15, -0.1) is 29.8 Å². The van der Waals surface area contributed by atoms with E-state index in [9.17, 15) is 0 Å². The van der Waals surface area contributed by atoms with E-state index in [-0.39, 0.29) is 26.5 Å². The minimum absolute atomic E-state index is 0. The second-order valence-electron chi connectivity index (χ2n) is 13.7. The third-order valence-corrected chi connectivity index (χ3v) is 9.72. The largest absolute Gasteiger partial charge is 2.00 e. The van der Waals surface area contributed by atoms with Gasteiger partial charge < -0.3 is 19.1 Å². The predicted octanol–water partition coefficient (Wildman–Crippen LogP) is 10.1. The Morgan fingerprint density at radius 2 is 1.43 bits per heavy atom. The number of pyridine rings is 1. The van der Waals surface area contributed by atoms with Crippen molar-refractivity contribution in [1.29, 1.82) is 0 Å². The number of anilines is 3. The molecule has 6 heteroatoms. The molecule has 0 unspecified atom stereocenters. The first-order valence-electron chi connectivity index (χ1n) is 16.2. The third kappa shape index (κ3) is 4.64. The molecule has 5 nitrogen and oxygen atoms in total. The molecular formula is C43H34N4OPt. The topological polar surface area (TPSA) is 24.5 Å². The number of fused-ring (bicyclic) bond motifs is 9. The number of aromatic nitrogens is 2. The minimum atomic E-state index is -0.124. The van der Waals surface area contributed by atoms with Crippen LogP contribution in [0.4, 0.5) is 17.1 Å². The van der Waals surface area contributed by atoms with Crippen LogP contribution in [0.3, 0.4) is 0 Å². The van der Waals surface area contributed by atoms with Crippen LogP contribution in [-0.4, -0.2) is 11.6 Å². The van der Waals surface area contributed by atoms with Gasteiger partial charge in [-0.05, 0) is 47.3 Å². The number of ether oxygens (including phenoxy) is 1. The van der Waals surface area contributed by atoms with E-state index in [0.717, 1.165) is 61.6 Å². The van der Waals surface area contributed by atoms with Gasteiger partial charge in [0.15, 0.2) is 5.82 Å². The van der Waals surface area contributed by atoms with Crippen LogP contribution in [0.2, 0.25) is 0 Å². The van der Waals surface area contributed by atoms with Crippen LogP contribution in [0.25, 0.3) is 49.9 Å². The molecule has 0 amide bonds. The summed E-state index contributed by atoms with van der Waals surface area (Å²) in [4.78, 5) is 4.26. The van der Waals surface area contributed by atoms with Crippen LogP contribution in [0.1, 0.15) is 26.3 Å². The Balaban J connectivity index is 0.00000348. The van der Waals surface area contributed by atoms with Gasteiger partial charge in [-0.2, -0.15) is 6.07 Å². The van der Waals surface area contributed by atoms with E-state index < -0.39 is 0 Å². The van der Waals surface area contributed by atoms with Crippen molar-refractivity contribution in [3.05, 3.63) is 146 Å². The second-order valence-corrected chi connectivity index (χ2v) is 13.7. The molecule has 2 aliphatic heterocycles. The summed E-state index contributed by atoms with van der Waals surface area (Å²) in [6.07, 6.45) is 2.00. The van der Waals surface area contributed by atoms with Gasteiger partial charge in [0, 0.05) is 35.2 Å². The molecular weight excluding hydrogens is 784 g/mol. The predicted molar refractivity (Wildman–Crippen MR) is 195 cm³/mol. The van der Waals surface area contributed by atoms with Crippen LogP contribution in [-0.2, 0) is 26.5 Å². The van der Waals surface area contributed by atoms with Crippen molar-refractivity contribution in [2.24, 2.45) is 0 Å². The molecule has 2 aliphatic rings. The van der Waals surface area contributed by atoms with Crippen molar-refractivity contribution in [1.82, 2.24) is 4.57 Å². The van der Waals surface area contributed by atoms with Crippen molar-refractivity contribution in [3.63, 3.8) is 0 Å². The number of para-hydroxylation sites is 3. The van der Waals surface area contributed by atoms with E-state index in [2.05, 4.69) is 158 Å². The van der Waals surface area contributed by atoms with E-state index >= 15 is 0 Å². The molecule has 49 heavy (non-hydrogen) atoms. The Kier molecular flexibility index (Phi) is 7.06. The molecule has 0 bridgehead atoms. The molecule has 4 heterocycles. The zero-order valence-electron chi connectivity index (χ0n) is 27.8. The number of benzene rings is 5. The summed E-state index contributed by atoms with van der Waals surface area (Å²) >= 11 is 0. The van der Waals surface area contributed by atoms with Crippen LogP contribution in [0.15, 0.2) is 122 Å². The Morgan fingerprint density at radius 1 is 0.735 bits per heavy atom. The molecule has 0 radical (unpaired) electrons. The maximum absolute atomic E-state index is 6.71. The van der Waals surface area contributed by atoms with E-state index in [1.807, 2.05) is 23.9 Å². The Morgan fingerprint density at radius 3 is 2.20 bits per heavy atom. The normalized spacial score (nSPS) is 13.2. The van der Waals surface area contributed by atoms with Gasteiger partial charge in [0.2, 0.25) is 0 Å². The van der Waals surface area contributed by atoms with Gasteiger partial charge in [-0.3, -0.25) is 4.57 Å². The molecule has 2 aromatic heterocycles. The van der Waals surface area contributed by atoms with E-state index in [1.165, 1.54) is 16.7 Å². The standard InChI is InChI=1S/C43H34N4O.Pt/c1-27-45(6)38-18-9-10-19-39(38)46(27)29-23-28(43(2,3)4)24-31(25-29)48-30-20-21-34-36-16-11-15-35-32-13-7-8-14-33(32)37-17-12-22-44(5)42(37)47(41(35)36)40(34)26-30;/h7-24H,1,5H2,2-4,6H3;/q-2;+2. The number of hydrogen-bond donors (Lipinski definition) is 0. The molecule has 0 spiro atoms. The minimum Gasteiger partial charge on any atom is -0.509 e. The Labute approximate surface area is 301 Å². The molecule has 0 fully saturated rings. The molecule has 0 saturated carbocycles. The zero-order chi connectivity index (χ0) is 32.9. The zero-order valence-corrected chi connectivity index (χ0v) is 30.1. The van der Waals surface area contributed by atoms with Gasteiger partial charge >= 0.3 is 21.1 Å². The van der Waals surface area contributed by atoms with Crippen molar-refractivity contribution >= 4 is 38.9 Å². The van der Waals surface area contributed by atoms with Crippen LogP contribution >= 0.6 is 0 Å². The molecule has 0 aliphatic carbocycles. The molecule has 0 atom stereocenters. The second kappa shape index (κ2) is 11.1. The summed E-state index contributed by atoms with van der Waals surface area (Å²) in [6.45, 7) is 11.1. The van der Waals surface area contributed by atoms with Crippen molar-refractivity contribution in [2.45, 2.75) is 26.2 Å². The summed E-state index contributed by atoms with van der Waals surface area (Å²) in [5, 5.41) is 2.27.